The number of para-hydroxylation sites is 1. The zero-order chi connectivity index (χ0) is 14.8. The van der Waals surface area contributed by atoms with E-state index in [1.54, 1.807) is 0 Å². The summed E-state index contributed by atoms with van der Waals surface area (Å²) < 4.78 is 6.11. The van der Waals surface area contributed by atoms with Crippen LogP contribution in [0.5, 0.6) is 5.75 Å². The number of hydrogen-bond acceptors (Lipinski definition) is 1. The third kappa shape index (κ3) is 3.22. The van der Waals surface area contributed by atoms with Gasteiger partial charge in [-0.2, -0.15) is 0 Å². The van der Waals surface area contributed by atoms with E-state index < -0.39 is 0 Å². The Morgan fingerprint density at radius 1 is 0.850 bits per heavy atom. The summed E-state index contributed by atoms with van der Waals surface area (Å²) in [4.78, 5) is 0. The number of ether oxygens (including phenoxy) is 1. The highest BCUT2D eigenvalue weighted by Crippen LogP contribution is 2.31. The van der Waals surface area contributed by atoms with Crippen LogP contribution in [-0.4, -0.2) is 0 Å². The van der Waals surface area contributed by atoms with Crippen molar-refractivity contribution in [3.05, 3.63) is 64.7 Å². The summed E-state index contributed by atoms with van der Waals surface area (Å²) in [5.74, 6) is 0.989. The van der Waals surface area contributed by atoms with Crippen LogP contribution in [0, 0.1) is 13.8 Å². The van der Waals surface area contributed by atoms with E-state index in [0.29, 0.717) is 6.61 Å². The normalized spacial score (nSPS) is 11.4. The first-order valence-electron chi connectivity index (χ1n) is 7.17. The topological polar surface area (TPSA) is 9.23 Å². The lowest BCUT2D eigenvalue weighted by atomic mass is 9.86. The second kappa shape index (κ2) is 5.70. The maximum Gasteiger partial charge on any atom is 0.123 e. The Morgan fingerprint density at radius 2 is 1.45 bits per heavy atom. The Balaban J connectivity index is 2.24. The summed E-state index contributed by atoms with van der Waals surface area (Å²) in [5.41, 5.74) is 5.22. The number of rotatable bonds is 3. The molecule has 0 heterocycles. The van der Waals surface area contributed by atoms with Crippen molar-refractivity contribution < 1.29 is 4.74 Å². The van der Waals surface area contributed by atoms with Gasteiger partial charge in [0.1, 0.15) is 12.4 Å². The van der Waals surface area contributed by atoms with Crippen molar-refractivity contribution in [2.75, 3.05) is 0 Å². The molecule has 0 unspecified atom stereocenters. The molecule has 0 aliphatic heterocycles. The molecule has 0 bridgehead atoms. The first-order chi connectivity index (χ1) is 9.39. The number of aryl methyl sites for hydroxylation is 2. The highest BCUT2D eigenvalue weighted by Gasteiger charge is 2.18. The third-order valence-corrected chi connectivity index (χ3v) is 3.71. The van der Waals surface area contributed by atoms with Crippen molar-refractivity contribution in [3.63, 3.8) is 0 Å². The van der Waals surface area contributed by atoms with Gasteiger partial charge in [0, 0.05) is 0 Å². The third-order valence-electron chi connectivity index (χ3n) is 3.71. The number of hydrogen-bond donors (Lipinski definition) is 0. The van der Waals surface area contributed by atoms with Gasteiger partial charge < -0.3 is 4.74 Å². The highest BCUT2D eigenvalue weighted by atomic mass is 16.5. The number of benzene rings is 2. The van der Waals surface area contributed by atoms with Crippen LogP contribution >= 0.6 is 0 Å². The fraction of sp³-hybridized carbons (Fsp3) is 0.368. The van der Waals surface area contributed by atoms with Crippen LogP contribution in [0.3, 0.4) is 0 Å². The molecule has 0 amide bonds. The molecule has 106 valence electrons. The Labute approximate surface area is 122 Å². The Kier molecular flexibility index (Phi) is 4.17. The quantitative estimate of drug-likeness (QED) is 0.745. The van der Waals surface area contributed by atoms with Crippen molar-refractivity contribution in [1.82, 2.24) is 0 Å². The SMILES string of the molecule is Cc1cccc(C)c1COc1ccccc1C(C)(C)C. The molecule has 0 aromatic heterocycles. The van der Waals surface area contributed by atoms with Crippen LogP contribution in [0.2, 0.25) is 0 Å². The predicted octanol–water partition coefficient (Wildman–Crippen LogP) is 5.18. The first-order valence-corrected chi connectivity index (χ1v) is 7.17. The van der Waals surface area contributed by atoms with Crippen LogP contribution in [-0.2, 0) is 12.0 Å². The van der Waals surface area contributed by atoms with Crippen molar-refractivity contribution in [2.24, 2.45) is 0 Å². The monoisotopic (exact) mass is 268 g/mol. The van der Waals surface area contributed by atoms with E-state index in [9.17, 15) is 0 Å². The molecule has 2 aromatic rings. The molecule has 2 aromatic carbocycles. The summed E-state index contributed by atoms with van der Waals surface area (Å²) in [5, 5.41) is 0. The molecule has 0 saturated heterocycles. The Bertz CT molecular complexity index is 571. The van der Waals surface area contributed by atoms with Crippen LogP contribution < -0.4 is 4.74 Å². The molecule has 20 heavy (non-hydrogen) atoms. The molecule has 0 fully saturated rings. The average Bonchev–Trinajstić information content (AvgIpc) is 2.37. The Hall–Kier alpha value is -1.76. The van der Waals surface area contributed by atoms with Gasteiger partial charge in [0.15, 0.2) is 0 Å². The van der Waals surface area contributed by atoms with Gasteiger partial charge in [-0.3, -0.25) is 0 Å². The summed E-state index contributed by atoms with van der Waals surface area (Å²) in [7, 11) is 0. The van der Waals surface area contributed by atoms with E-state index in [1.165, 1.54) is 22.3 Å². The minimum absolute atomic E-state index is 0.0946. The lowest BCUT2D eigenvalue weighted by Crippen LogP contribution is -2.13. The zero-order valence-corrected chi connectivity index (χ0v) is 13.2. The van der Waals surface area contributed by atoms with Gasteiger partial charge in [-0.25, -0.2) is 0 Å². The minimum atomic E-state index is 0.0946. The predicted molar refractivity (Wildman–Crippen MR) is 85.4 cm³/mol. The van der Waals surface area contributed by atoms with Gasteiger partial charge in [-0.15, -0.1) is 0 Å². The van der Waals surface area contributed by atoms with E-state index in [0.717, 1.165) is 5.75 Å². The summed E-state index contributed by atoms with van der Waals surface area (Å²) in [6.07, 6.45) is 0. The van der Waals surface area contributed by atoms with Crippen molar-refractivity contribution >= 4 is 0 Å². The van der Waals surface area contributed by atoms with E-state index in [-0.39, 0.29) is 5.41 Å². The maximum absolute atomic E-state index is 6.11. The zero-order valence-electron chi connectivity index (χ0n) is 13.2. The molecule has 0 radical (unpaired) electrons. The molecule has 0 spiro atoms. The molecule has 0 N–H and O–H groups in total. The van der Waals surface area contributed by atoms with E-state index in [1.807, 2.05) is 6.07 Å². The molecular formula is C19H24O. The molecule has 0 saturated carbocycles. The minimum Gasteiger partial charge on any atom is -0.489 e. The van der Waals surface area contributed by atoms with Crippen molar-refractivity contribution in [3.8, 4) is 5.75 Å². The molecule has 1 heteroatoms. The van der Waals surface area contributed by atoms with Crippen LogP contribution in [0.1, 0.15) is 43.0 Å². The lowest BCUT2D eigenvalue weighted by molar-refractivity contribution is 0.296. The second-order valence-electron chi connectivity index (χ2n) is 6.41. The molecule has 2 rings (SSSR count). The average molecular weight is 268 g/mol. The van der Waals surface area contributed by atoms with Gasteiger partial charge in [-0.05, 0) is 47.6 Å². The highest BCUT2D eigenvalue weighted by molar-refractivity contribution is 5.39. The summed E-state index contributed by atoms with van der Waals surface area (Å²) in [6.45, 7) is 11.6. The van der Waals surface area contributed by atoms with Gasteiger partial charge in [-0.1, -0.05) is 57.2 Å². The van der Waals surface area contributed by atoms with Crippen molar-refractivity contribution in [1.29, 1.82) is 0 Å². The van der Waals surface area contributed by atoms with E-state index in [4.69, 9.17) is 4.74 Å². The fourth-order valence-electron chi connectivity index (χ4n) is 2.44. The first kappa shape index (κ1) is 14.6. The van der Waals surface area contributed by atoms with Crippen molar-refractivity contribution in [2.45, 2.75) is 46.6 Å². The van der Waals surface area contributed by atoms with Gasteiger partial charge in [0.2, 0.25) is 0 Å². The molecule has 0 aliphatic carbocycles. The molecular weight excluding hydrogens is 244 g/mol. The van der Waals surface area contributed by atoms with Gasteiger partial charge in [0.25, 0.3) is 0 Å². The van der Waals surface area contributed by atoms with Gasteiger partial charge >= 0.3 is 0 Å². The Morgan fingerprint density at radius 3 is 2.05 bits per heavy atom. The fourth-order valence-corrected chi connectivity index (χ4v) is 2.44. The largest absolute Gasteiger partial charge is 0.489 e. The van der Waals surface area contributed by atoms with E-state index >= 15 is 0 Å². The second-order valence-corrected chi connectivity index (χ2v) is 6.41. The smallest absolute Gasteiger partial charge is 0.123 e. The van der Waals surface area contributed by atoms with Crippen LogP contribution in [0.15, 0.2) is 42.5 Å². The van der Waals surface area contributed by atoms with Crippen LogP contribution in [0.4, 0.5) is 0 Å². The molecule has 0 aliphatic rings. The van der Waals surface area contributed by atoms with Crippen LogP contribution in [0.25, 0.3) is 0 Å². The van der Waals surface area contributed by atoms with E-state index in [2.05, 4.69) is 71.0 Å². The lowest BCUT2D eigenvalue weighted by Gasteiger charge is -2.23. The maximum atomic E-state index is 6.11. The molecule has 0 atom stereocenters. The summed E-state index contributed by atoms with van der Waals surface area (Å²) >= 11 is 0. The molecule has 1 nitrogen and oxygen atoms in total. The van der Waals surface area contributed by atoms with Gasteiger partial charge in [0.05, 0.1) is 0 Å². The standard InChI is InChI=1S/C19H24O/c1-14-9-8-10-15(2)16(14)13-20-18-12-7-6-11-17(18)19(3,4)5/h6-12H,13H2,1-5H3. The summed E-state index contributed by atoms with van der Waals surface area (Å²) in [6, 6.07) is 14.7.